The molecule has 0 bridgehead atoms. The molecule has 1 aromatic carbocycles. The fourth-order valence-corrected chi connectivity index (χ4v) is 3.20. The van der Waals surface area contributed by atoms with Crippen LogP contribution in [0.5, 0.6) is 0 Å². The second kappa shape index (κ2) is 6.27. The van der Waals surface area contributed by atoms with Gasteiger partial charge in [0.25, 0.3) is 0 Å². The van der Waals surface area contributed by atoms with Gasteiger partial charge in [-0.25, -0.2) is 4.79 Å². The van der Waals surface area contributed by atoms with E-state index < -0.39 is 5.97 Å². The normalized spacial score (nSPS) is 18.9. The maximum Gasteiger partial charge on any atom is 0.335 e. The molecule has 1 aliphatic carbocycles. The molecule has 1 saturated carbocycles. The zero-order valence-corrected chi connectivity index (χ0v) is 13.7. The highest BCUT2D eigenvalue weighted by atomic mass is 79.9. The molecule has 0 radical (unpaired) electrons. The summed E-state index contributed by atoms with van der Waals surface area (Å²) in [5, 5.41) is 12.5. The van der Waals surface area contributed by atoms with Crippen LogP contribution in [0, 0.1) is 5.41 Å². The lowest BCUT2D eigenvalue weighted by Crippen LogP contribution is -2.35. The molecule has 0 spiro atoms. The third-order valence-electron chi connectivity index (χ3n) is 4.22. The third kappa shape index (κ3) is 4.06. The number of hydrogen-bond donors (Lipinski definition) is 2. The number of carbonyl (C=O) groups is 1. The molecule has 0 amide bonds. The molecular weight excluding hydrogens is 318 g/mol. The molecule has 0 saturated heterocycles. The Hall–Kier alpha value is -0.870. The first-order chi connectivity index (χ1) is 9.37. The van der Waals surface area contributed by atoms with Crippen LogP contribution in [0.2, 0.25) is 0 Å². The quantitative estimate of drug-likeness (QED) is 0.863. The fraction of sp³-hybridized carbons (Fsp3) is 0.562. The van der Waals surface area contributed by atoms with E-state index in [1.807, 2.05) is 6.07 Å². The average Bonchev–Trinajstić information content (AvgIpc) is 2.38. The number of halogens is 1. The summed E-state index contributed by atoms with van der Waals surface area (Å²) in [5.74, 6) is -0.889. The minimum absolute atomic E-state index is 0.319. The first-order valence-electron chi connectivity index (χ1n) is 7.12. The standard InChI is InChI=1S/C16H22BrNO2/c1-16(2)7-5-13(6-8-16)18-10-12-4-3-11(15(19)20)9-14(12)17/h3-4,9,13,18H,5-8,10H2,1-2H3,(H,19,20). The van der Waals surface area contributed by atoms with E-state index in [4.69, 9.17) is 5.11 Å². The largest absolute Gasteiger partial charge is 0.478 e. The second-order valence-electron chi connectivity index (χ2n) is 6.43. The SMILES string of the molecule is CC1(C)CCC(NCc2ccc(C(=O)O)cc2Br)CC1. The van der Waals surface area contributed by atoms with Gasteiger partial charge in [0.15, 0.2) is 0 Å². The highest BCUT2D eigenvalue weighted by molar-refractivity contribution is 9.10. The molecule has 20 heavy (non-hydrogen) atoms. The lowest BCUT2D eigenvalue weighted by molar-refractivity contribution is 0.0697. The summed E-state index contributed by atoms with van der Waals surface area (Å²) in [6, 6.07) is 5.79. The van der Waals surface area contributed by atoms with E-state index >= 15 is 0 Å². The van der Waals surface area contributed by atoms with Gasteiger partial charge < -0.3 is 10.4 Å². The molecule has 1 fully saturated rings. The van der Waals surface area contributed by atoms with E-state index in [2.05, 4.69) is 35.1 Å². The van der Waals surface area contributed by atoms with Crippen molar-refractivity contribution >= 4 is 21.9 Å². The number of rotatable bonds is 4. The Morgan fingerprint density at radius 3 is 2.60 bits per heavy atom. The smallest absolute Gasteiger partial charge is 0.335 e. The Labute approximate surface area is 128 Å². The van der Waals surface area contributed by atoms with Gasteiger partial charge in [0.1, 0.15) is 0 Å². The summed E-state index contributed by atoms with van der Waals surface area (Å²) < 4.78 is 0.862. The first-order valence-corrected chi connectivity index (χ1v) is 7.92. The topological polar surface area (TPSA) is 49.3 Å². The maximum atomic E-state index is 10.9. The van der Waals surface area contributed by atoms with Crippen LogP contribution in [0.4, 0.5) is 0 Å². The number of carboxylic acids is 1. The molecule has 110 valence electrons. The number of benzene rings is 1. The number of aromatic carboxylic acids is 1. The van der Waals surface area contributed by atoms with Gasteiger partial charge in [-0.2, -0.15) is 0 Å². The van der Waals surface area contributed by atoms with Crippen molar-refractivity contribution in [3.8, 4) is 0 Å². The van der Waals surface area contributed by atoms with Gasteiger partial charge in [-0.3, -0.25) is 0 Å². The second-order valence-corrected chi connectivity index (χ2v) is 7.29. The van der Waals surface area contributed by atoms with Crippen molar-refractivity contribution < 1.29 is 9.90 Å². The Morgan fingerprint density at radius 1 is 1.40 bits per heavy atom. The van der Waals surface area contributed by atoms with Crippen molar-refractivity contribution in [2.24, 2.45) is 5.41 Å². The summed E-state index contributed by atoms with van der Waals surface area (Å²) >= 11 is 3.46. The summed E-state index contributed by atoms with van der Waals surface area (Å²) in [6.07, 6.45) is 4.98. The van der Waals surface area contributed by atoms with Crippen LogP contribution in [0.15, 0.2) is 22.7 Å². The molecule has 0 aromatic heterocycles. The van der Waals surface area contributed by atoms with Gasteiger partial charge in [-0.15, -0.1) is 0 Å². The predicted molar refractivity (Wildman–Crippen MR) is 84.0 cm³/mol. The molecule has 1 aliphatic rings. The zero-order chi connectivity index (χ0) is 14.8. The van der Waals surface area contributed by atoms with Crippen LogP contribution < -0.4 is 5.32 Å². The minimum Gasteiger partial charge on any atom is -0.478 e. The van der Waals surface area contributed by atoms with E-state index in [0.29, 0.717) is 17.0 Å². The van der Waals surface area contributed by atoms with Gasteiger partial charge in [0.2, 0.25) is 0 Å². The van der Waals surface area contributed by atoms with Crippen molar-refractivity contribution in [1.82, 2.24) is 5.32 Å². The molecule has 1 aromatic rings. The van der Waals surface area contributed by atoms with Gasteiger partial charge in [0.05, 0.1) is 5.56 Å². The molecule has 0 aliphatic heterocycles. The first kappa shape index (κ1) is 15.5. The summed E-state index contributed by atoms with van der Waals surface area (Å²) in [7, 11) is 0. The van der Waals surface area contributed by atoms with Crippen LogP contribution in [-0.2, 0) is 6.54 Å². The van der Waals surface area contributed by atoms with Crippen LogP contribution in [0.25, 0.3) is 0 Å². The van der Waals surface area contributed by atoms with Gasteiger partial charge in [-0.05, 0) is 48.8 Å². The van der Waals surface area contributed by atoms with Gasteiger partial charge >= 0.3 is 5.97 Å². The van der Waals surface area contributed by atoms with E-state index in [-0.39, 0.29) is 0 Å². The van der Waals surface area contributed by atoms with Crippen molar-refractivity contribution in [2.45, 2.75) is 52.1 Å². The Kier molecular flexibility index (Phi) is 4.86. The number of hydrogen-bond acceptors (Lipinski definition) is 2. The highest BCUT2D eigenvalue weighted by Gasteiger charge is 2.26. The van der Waals surface area contributed by atoms with Crippen LogP contribution in [0.1, 0.15) is 55.5 Å². The van der Waals surface area contributed by atoms with E-state index in [1.54, 1.807) is 12.1 Å². The number of nitrogens with one attached hydrogen (secondary N) is 1. The van der Waals surface area contributed by atoms with E-state index in [1.165, 1.54) is 25.7 Å². The summed E-state index contributed by atoms with van der Waals surface area (Å²) in [6.45, 7) is 5.46. The Bertz CT molecular complexity index is 489. The van der Waals surface area contributed by atoms with Crippen molar-refractivity contribution in [3.05, 3.63) is 33.8 Å². The van der Waals surface area contributed by atoms with Crippen molar-refractivity contribution in [2.75, 3.05) is 0 Å². The monoisotopic (exact) mass is 339 g/mol. The number of carboxylic acid groups (broad SMARTS) is 1. The highest BCUT2D eigenvalue weighted by Crippen LogP contribution is 2.35. The van der Waals surface area contributed by atoms with Gasteiger partial charge in [0, 0.05) is 17.1 Å². The van der Waals surface area contributed by atoms with Crippen molar-refractivity contribution in [3.63, 3.8) is 0 Å². The average molecular weight is 340 g/mol. The fourth-order valence-electron chi connectivity index (χ4n) is 2.68. The molecule has 3 nitrogen and oxygen atoms in total. The molecule has 0 unspecified atom stereocenters. The van der Waals surface area contributed by atoms with Gasteiger partial charge in [-0.1, -0.05) is 35.8 Å². The van der Waals surface area contributed by atoms with Crippen LogP contribution >= 0.6 is 15.9 Å². The molecule has 2 rings (SSSR count). The predicted octanol–water partition coefficient (Wildman–Crippen LogP) is 4.21. The van der Waals surface area contributed by atoms with E-state index in [9.17, 15) is 4.79 Å². The molecular formula is C16H22BrNO2. The summed E-state index contributed by atoms with van der Waals surface area (Å²) in [4.78, 5) is 10.9. The van der Waals surface area contributed by atoms with Crippen molar-refractivity contribution in [1.29, 1.82) is 0 Å². The Balaban J connectivity index is 1.90. The minimum atomic E-state index is -0.889. The molecule has 0 atom stereocenters. The third-order valence-corrected chi connectivity index (χ3v) is 4.96. The van der Waals surface area contributed by atoms with Crippen LogP contribution in [0.3, 0.4) is 0 Å². The molecule has 0 heterocycles. The molecule has 4 heteroatoms. The van der Waals surface area contributed by atoms with E-state index in [0.717, 1.165) is 16.6 Å². The lowest BCUT2D eigenvalue weighted by Gasteiger charge is -2.34. The lowest BCUT2D eigenvalue weighted by atomic mass is 9.75. The maximum absolute atomic E-state index is 10.9. The van der Waals surface area contributed by atoms with Crippen LogP contribution in [-0.4, -0.2) is 17.1 Å². The summed E-state index contributed by atoms with van der Waals surface area (Å²) in [5.41, 5.74) is 1.92. The molecule has 2 N–H and O–H groups in total. The zero-order valence-electron chi connectivity index (χ0n) is 12.1. The Morgan fingerprint density at radius 2 is 2.05 bits per heavy atom.